The SMILES string of the molecule is CCN(Cc1cnc2ccccn12)C(=O)c1cn(C)nn1. The number of carbonyl (C=O) groups excluding carboxylic acids is 1. The van der Waals surface area contributed by atoms with E-state index in [-0.39, 0.29) is 5.91 Å². The van der Waals surface area contributed by atoms with Crippen molar-refractivity contribution in [3.05, 3.63) is 48.2 Å². The molecule has 0 unspecified atom stereocenters. The van der Waals surface area contributed by atoms with Crippen LogP contribution in [0.3, 0.4) is 0 Å². The van der Waals surface area contributed by atoms with E-state index in [4.69, 9.17) is 0 Å². The average Bonchev–Trinajstić information content (AvgIpc) is 3.11. The molecule has 3 aromatic heterocycles. The molecule has 0 saturated carbocycles. The minimum atomic E-state index is -0.128. The summed E-state index contributed by atoms with van der Waals surface area (Å²) in [5.74, 6) is -0.128. The molecule has 0 spiro atoms. The Morgan fingerprint density at radius 3 is 2.95 bits per heavy atom. The van der Waals surface area contributed by atoms with Crippen LogP contribution in [-0.2, 0) is 13.6 Å². The smallest absolute Gasteiger partial charge is 0.276 e. The first-order valence-electron chi connectivity index (χ1n) is 6.75. The van der Waals surface area contributed by atoms with E-state index in [1.54, 1.807) is 24.3 Å². The second kappa shape index (κ2) is 5.35. The van der Waals surface area contributed by atoms with E-state index in [1.807, 2.05) is 35.7 Å². The Kier molecular flexibility index (Phi) is 3.39. The number of imidazole rings is 1. The fourth-order valence-electron chi connectivity index (χ4n) is 2.23. The van der Waals surface area contributed by atoms with Gasteiger partial charge in [0.25, 0.3) is 5.91 Å². The maximum Gasteiger partial charge on any atom is 0.276 e. The van der Waals surface area contributed by atoms with Crippen LogP contribution >= 0.6 is 0 Å². The third kappa shape index (κ3) is 2.49. The van der Waals surface area contributed by atoms with Crippen LogP contribution in [0.15, 0.2) is 36.8 Å². The number of aromatic nitrogens is 5. The number of carbonyl (C=O) groups is 1. The molecule has 1 amide bonds. The molecule has 7 nitrogen and oxygen atoms in total. The van der Waals surface area contributed by atoms with Gasteiger partial charge >= 0.3 is 0 Å². The molecule has 3 heterocycles. The molecule has 0 aliphatic carbocycles. The van der Waals surface area contributed by atoms with Gasteiger partial charge in [-0.3, -0.25) is 9.48 Å². The third-order valence-corrected chi connectivity index (χ3v) is 3.34. The van der Waals surface area contributed by atoms with Gasteiger partial charge in [0, 0.05) is 19.8 Å². The first kappa shape index (κ1) is 13.3. The van der Waals surface area contributed by atoms with Crippen molar-refractivity contribution in [3.8, 4) is 0 Å². The average molecular weight is 284 g/mol. The summed E-state index contributed by atoms with van der Waals surface area (Å²) >= 11 is 0. The van der Waals surface area contributed by atoms with E-state index in [0.29, 0.717) is 18.8 Å². The molecule has 0 aromatic carbocycles. The number of amides is 1. The van der Waals surface area contributed by atoms with Crippen molar-refractivity contribution in [2.24, 2.45) is 7.05 Å². The second-order valence-corrected chi connectivity index (χ2v) is 4.78. The summed E-state index contributed by atoms with van der Waals surface area (Å²) < 4.78 is 3.50. The highest BCUT2D eigenvalue weighted by Gasteiger charge is 2.19. The van der Waals surface area contributed by atoms with Gasteiger partial charge in [0.15, 0.2) is 5.69 Å². The lowest BCUT2D eigenvalue weighted by Gasteiger charge is -2.19. The molecule has 0 radical (unpaired) electrons. The Labute approximate surface area is 121 Å². The number of fused-ring (bicyclic) bond motifs is 1. The van der Waals surface area contributed by atoms with Crippen molar-refractivity contribution in [2.45, 2.75) is 13.5 Å². The minimum Gasteiger partial charge on any atom is -0.332 e. The van der Waals surface area contributed by atoms with Gasteiger partial charge in [-0.25, -0.2) is 4.98 Å². The van der Waals surface area contributed by atoms with Crippen LogP contribution in [0, 0.1) is 0 Å². The van der Waals surface area contributed by atoms with E-state index in [0.717, 1.165) is 11.3 Å². The number of hydrogen-bond donors (Lipinski definition) is 0. The van der Waals surface area contributed by atoms with Crippen molar-refractivity contribution in [3.63, 3.8) is 0 Å². The zero-order chi connectivity index (χ0) is 14.8. The van der Waals surface area contributed by atoms with Gasteiger partial charge in [-0.15, -0.1) is 5.10 Å². The highest BCUT2D eigenvalue weighted by atomic mass is 16.2. The largest absolute Gasteiger partial charge is 0.332 e. The summed E-state index contributed by atoms with van der Waals surface area (Å²) in [5.41, 5.74) is 2.19. The number of aryl methyl sites for hydroxylation is 1. The molecule has 0 saturated heterocycles. The van der Waals surface area contributed by atoms with Crippen molar-refractivity contribution in [2.75, 3.05) is 6.54 Å². The Bertz CT molecular complexity index is 774. The van der Waals surface area contributed by atoms with Crippen molar-refractivity contribution in [1.82, 2.24) is 29.3 Å². The van der Waals surface area contributed by atoms with Crippen LogP contribution < -0.4 is 0 Å². The summed E-state index contributed by atoms with van der Waals surface area (Å²) in [6.07, 6.45) is 5.36. The highest BCUT2D eigenvalue weighted by molar-refractivity contribution is 5.91. The Morgan fingerprint density at radius 1 is 1.38 bits per heavy atom. The maximum absolute atomic E-state index is 12.4. The quantitative estimate of drug-likeness (QED) is 0.720. The summed E-state index contributed by atoms with van der Waals surface area (Å²) in [7, 11) is 1.74. The molecular formula is C14H16N6O. The normalized spacial score (nSPS) is 11.0. The Morgan fingerprint density at radius 2 is 2.24 bits per heavy atom. The second-order valence-electron chi connectivity index (χ2n) is 4.78. The molecule has 0 fully saturated rings. The van der Waals surface area contributed by atoms with E-state index < -0.39 is 0 Å². The number of rotatable bonds is 4. The Balaban J connectivity index is 1.86. The van der Waals surface area contributed by atoms with Crippen LogP contribution in [0.5, 0.6) is 0 Å². The van der Waals surface area contributed by atoms with Crippen molar-refractivity contribution in [1.29, 1.82) is 0 Å². The first-order chi connectivity index (χ1) is 10.2. The van der Waals surface area contributed by atoms with Gasteiger partial charge in [-0.1, -0.05) is 11.3 Å². The summed E-state index contributed by atoms with van der Waals surface area (Å²) in [6, 6.07) is 5.82. The van der Waals surface area contributed by atoms with E-state index in [9.17, 15) is 4.79 Å². The van der Waals surface area contributed by atoms with Gasteiger partial charge in [-0.05, 0) is 19.1 Å². The molecule has 3 aromatic rings. The summed E-state index contributed by atoms with van der Waals surface area (Å²) in [4.78, 5) is 18.5. The predicted octanol–water partition coefficient (Wildman–Crippen LogP) is 1.13. The maximum atomic E-state index is 12.4. The monoisotopic (exact) mass is 284 g/mol. The molecule has 7 heteroatoms. The molecular weight excluding hydrogens is 268 g/mol. The zero-order valence-electron chi connectivity index (χ0n) is 12.0. The lowest BCUT2D eigenvalue weighted by Crippen LogP contribution is -2.31. The summed E-state index contributed by atoms with van der Waals surface area (Å²) in [5, 5.41) is 7.68. The fraction of sp³-hybridized carbons (Fsp3) is 0.286. The Hall–Kier alpha value is -2.70. The number of pyridine rings is 1. The molecule has 108 valence electrons. The number of hydrogen-bond acceptors (Lipinski definition) is 4. The van der Waals surface area contributed by atoms with E-state index in [2.05, 4.69) is 15.3 Å². The lowest BCUT2D eigenvalue weighted by molar-refractivity contribution is 0.0744. The minimum absolute atomic E-state index is 0.128. The standard InChI is InChI=1S/C14H16N6O/c1-3-19(14(21)12-10-18(2)17-16-12)9-11-8-15-13-6-4-5-7-20(11)13/h4-8,10H,3,9H2,1-2H3. The van der Waals surface area contributed by atoms with Crippen LogP contribution in [0.4, 0.5) is 0 Å². The molecule has 0 bridgehead atoms. The third-order valence-electron chi connectivity index (χ3n) is 3.34. The fourth-order valence-corrected chi connectivity index (χ4v) is 2.23. The molecule has 0 atom stereocenters. The molecule has 0 N–H and O–H groups in total. The van der Waals surface area contributed by atoms with E-state index in [1.165, 1.54) is 4.68 Å². The van der Waals surface area contributed by atoms with Gasteiger partial charge < -0.3 is 9.30 Å². The molecule has 3 rings (SSSR count). The summed E-state index contributed by atoms with van der Waals surface area (Å²) in [6.45, 7) is 3.02. The topological polar surface area (TPSA) is 68.3 Å². The molecule has 0 aliphatic heterocycles. The van der Waals surface area contributed by atoms with Crippen molar-refractivity contribution < 1.29 is 4.79 Å². The lowest BCUT2D eigenvalue weighted by atomic mass is 10.3. The van der Waals surface area contributed by atoms with Gasteiger partial charge in [0.1, 0.15) is 5.65 Å². The zero-order valence-corrected chi connectivity index (χ0v) is 12.0. The predicted molar refractivity (Wildman–Crippen MR) is 76.6 cm³/mol. The van der Waals surface area contributed by atoms with Gasteiger partial charge in [0.05, 0.1) is 24.6 Å². The first-order valence-corrected chi connectivity index (χ1v) is 6.75. The van der Waals surface area contributed by atoms with Crippen LogP contribution in [-0.4, -0.2) is 41.7 Å². The van der Waals surface area contributed by atoms with Gasteiger partial charge in [-0.2, -0.15) is 0 Å². The number of nitrogens with zero attached hydrogens (tertiary/aromatic N) is 6. The molecule has 21 heavy (non-hydrogen) atoms. The molecule has 0 aliphatic rings. The van der Waals surface area contributed by atoms with E-state index >= 15 is 0 Å². The highest BCUT2D eigenvalue weighted by Crippen LogP contribution is 2.11. The van der Waals surface area contributed by atoms with Gasteiger partial charge in [0.2, 0.25) is 0 Å². The van der Waals surface area contributed by atoms with Crippen LogP contribution in [0.2, 0.25) is 0 Å². The van der Waals surface area contributed by atoms with Crippen LogP contribution in [0.25, 0.3) is 5.65 Å². The van der Waals surface area contributed by atoms with Crippen molar-refractivity contribution >= 4 is 11.6 Å². The van der Waals surface area contributed by atoms with Crippen LogP contribution in [0.1, 0.15) is 23.1 Å².